The molecule has 0 bridgehead atoms. The molecule has 0 aliphatic carbocycles. The number of benzene rings is 1. The van der Waals surface area contributed by atoms with Crippen LogP contribution < -0.4 is 0 Å². The van der Waals surface area contributed by atoms with Gasteiger partial charge in [-0.05, 0) is 24.5 Å². The maximum absolute atomic E-state index is 11.9. The van der Waals surface area contributed by atoms with Crippen molar-refractivity contribution < 1.29 is 14.7 Å². The zero-order valence-electron chi connectivity index (χ0n) is 12.6. The van der Waals surface area contributed by atoms with E-state index in [2.05, 4.69) is 4.90 Å². The van der Waals surface area contributed by atoms with Crippen LogP contribution in [0, 0.1) is 0 Å². The Balaban J connectivity index is 2.00. The van der Waals surface area contributed by atoms with E-state index in [0.29, 0.717) is 6.54 Å². The van der Waals surface area contributed by atoms with Crippen LogP contribution in [0.5, 0.6) is 0 Å². The third-order valence-electron chi connectivity index (χ3n) is 4.01. The van der Waals surface area contributed by atoms with Crippen molar-refractivity contribution in [1.82, 2.24) is 9.80 Å². The number of amides is 1. The number of carbonyl (C=O) groups is 2. The lowest BCUT2D eigenvalue weighted by Crippen LogP contribution is -2.34. The average molecular weight is 290 g/mol. The molecule has 1 amide bonds. The lowest BCUT2D eigenvalue weighted by atomic mass is 10.00. The van der Waals surface area contributed by atoms with Gasteiger partial charge in [-0.2, -0.15) is 0 Å². The second kappa shape index (κ2) is 6.72. The molecule has 1 aromatic rings. The van der Waals surface area contributed by atoms with E-state index in [9.17, 15) is 9.59 Å². The lowest BCUT2D eigenvalue weighted by molar-refractivity contribution is -0.138. The molecule has 1 atom stereocenters. The molecule has 1 aliphatic rings. The van der Waals surface area contributed by atoms with Crippen molar-refractivity contribution in [3.05, 3.63) is 35.4 Å². The van der Waals surface area contributed by atoms with Crippen molar-refractivity contribution in [1.29, 1.82) is 0 Å². The minimum absolute atomic E-state index is 0.156. The summed E-state index contributed by atoms with van der Waals surface area (Å²) in [7, 11) is 1.84. The fraction of sp³-hybridized carbons (Fsp3) is 0.500. The molecule has 1 aliphatic heterocycles. The standard InChI is InChI=1S/C16H22N2O3/c1-12(16(20)21)14-6-4-13(5-7-14)10-18-9-3-8-17(2)15(19)11-18/h4-7,12H,3,8-11H2,1-2H3,(H,20,21). The highest BCUT2D eigenvalue weighted by Gasteiger charge is 2.19. The molecule has 2 rings (SSSR count). The molecule has 21 heavy (non-hydrogen) atoms. The monoisotopic (exact) mass is 290 g/mol. The summed E-state index contributed by atoms with van der Waals surface area (Å²) in [6, 6.07) is 7.63. The number of hydrogen-bond acceptors (Lipinski definition) is 3. The van der Waals surface area contributed by atoms with Gasteiger partial charge >= 0.3 is 5.97 Å². The zero-order chi connectivity index (χ0) is 15.4. The van der Waals surface area contributed by atoms with E-state index in [1.165, 1.54) is 0 Å². The van der Waals surface area contributed by atoms with Gasteiger partial charge in [-0.3, -0.25) is 14.5 Å². The molecule has 5 nitrogen and oxygen atoms in total. The Morgan fingerprint density at radius 2 is 1.95 bits per heavy atom. The third-order valence-corrected chi connectivity index (χ3v) is 4.01. The topological polar surface area (TPSA) is 60.9 Å². The van der Waals surface area contributed by atoms with Crippen molar-refractivity contribution in [3.8, 4) is 0 Å². The van der Waals surface area contributed by atoms with E-state index in [0.717, 1.165) is 37.2 Å². The van der Waals surface area contributed by atoms with E-state index in [-0.39, 0.29) is 5.91 Å². The Labute approximate surface area is 125 Å². The second-order valence-electron chi connectivity index (χ2n) is 5.68. The lowest BCUT2D eigenvalue weighted by Gasteiger charge is -2.19. The average Bonchev–Trinajstić information content (AvgIpc) is 2.61. The van der Waals surface area contributed by atoms with Crippen LogP contribution in [0.15, 0.2) is 24.3 Å². The number of likely N-dealkylation sites (N-methyl/N-ethyl adjacent to an activating group) is 1. The summed E-state index contributed by atoms with van der Waals surface area (Å²) in [5.74, 6) is -1.15. The molecule has 1 heterocycles. The summed E-state index contributed by atoms with van der Waals surface area (Å²) < 4.78 is 0. The fourth-order valence-electron chi connectivity index (χ4n) is 2.49. The van der Waals surface area contributed by atoms with Gasteiger partial charge in [-0.25, -0.2) is 0 Å². The number of carboxylic acids is 1. The first-order valence-electron chi connectivity index (χ1n) is 7.25. The molecule has 114 valence electrons. The van der Waals surface area contributed by atoms with Crippen LogP contribution in [0.25, 0.3) is 0 Å². The zero-order valence-corrected chi connectivity index (χ0v) is 12.6. The van der Waals surface area contributed by atoms with Gasteiger partial charge < -0.3 is 10.0 Å². The first-order chi connectivity index (χ1) is 9.97. The van der Waals surface area contributed by atoms with Crippen LogP contribution in [0.2, 0.25) is 0 Å². The van der Waals surface area contributed by atoms with E-state index >= 15 is 0 Å². The number of nitrogens with zero attached hydrogens (tertiary/aromatic N) is 2. The van der Waals surface area contributed by atoms with E-state index < -0.39 is 11.9 Å². The SMILES string of the molecule is CC(C(=O)O)c1ccc(CN2CCCN(C)C(=O)C2)cc1. The fourth-order valence-corrected chi connectivity index (χ4v) is 2.49. The highest BCUT2D eigenvalue weighted by Crippen LogP contribution is 2.17. The molecule has 5 heteroatoms. The van der Waals surface area contributed by atoms with Gasteiger partial charge in [0.15, 0.2) is 0 Å². The molecule has 1 N–H and O–H groups in total. The molecule has 0 saturated carbocycles. The highest BCUT2D eigenvalue weighted by atomic mass is 16.4. The molecule has 0 radical (unpaired) electrons. The van der Waals surface area contributed by atoms with Crippen molar-refractivity contribution in [2.75, 3.05) is 26.7 Å². The Hall–Kier alpha value is -1.88. The highest BCUT2D eigenvalue weighted by molar-refractivity contribution is 5.78. The molecule has 1 fully saturated rings. The van der Waals surface area contributed by atoms with Gasteiger partial charge in [-0.15, -0.1) is 0 Å². The van der Waals surface area contributed by atoms with E-state index in [4.69, 9.17) is 5.11 Å². The van der Waals surface area contributed by atoms with E-state index in [1.807, 2.05) is 31.3 Å². The summed E-state index contributed by atoms with van der Waals surface area (Å²) in [5.41, 5.74) is 1.91. The summed E-state index contributed by atoms with van der Waals surface area (Å²) in [6.07, 6.45) is 0.983. The Morgan fingerprint density at radius 3 is 2.57 bits per heavy atom. The van der Waals surface area contributed by atoms with Gasteiger partial charge in [0.1, 0.15) is 0 Å². The van der Waals surface area contributed by atoms with E-state index in [1.54, 1.807) is 11.8 Å². The largest absolute Gasteiger partial charge is 0.481 e. The summed E-state index contributed by atoms with van der Waals surface area (Å²) in [5, 5.41) is 9.00. The third kappa shape index (κ3) is 4.04. The van der Waals surface area contributed by atoms with Crippen LogP contribution in [0.4, 0.5) is 0 Å². The summed E-state index contributed by atoms with van der Waals surface area (Å²) in [6.45, 7) is 4.57. The molecule has 0 aromatic heterocycles. The summed E-state index contributed by atoms with van der Waals surface area (Å²) in [4.78, 5) is 26.7. The molecule has 0 spiro atoms. The number of carboxylic acid groups (broad SMARTS) is 1. The van der Waals surface area contributed by atoms with Crippen molar-refractivity contribution in [3.63, 3.8) is 0 Å². The number of hydrogen-bond donors (Lipinski definition) is 1. The summed E-state index contributed by atoms with van der Waals surface area (Å²) >= 11 is 0. The number of carbonyl (C=O) groups excluding carboxylic acids is 1. The second-order valence-corrected chi connectivity index (χ2v) is 5.68. The smallest absolute Gasteiger partial charge is 0.310 e. The predicted molar refractivity (Wildman–Crippen MR) is 80.0 cm³/mol. The first-order valence-corrected chi connectivity index (χ1v) is 7.25. The van der Waals surface area contributed by atoms with Crippen molar-refractivity contribution in [2.24, 2.45) is 0 Å². The van der Waals surface area contributed by atoms with Crippen LogP contribution >= 0.6 is 0 Å². The normalized spacial score (nSPS) is 18.4. The van der Waals surface area contributed by atoms with Crippen LogP contribution in [-0.4, -0.2) is 53.5 Å². The van der Waals surface area contributed by atoms with Crippen LogP contribution in [-0.2, 0) is 16.1 Å². The number of rotatable bonds is 4. The Bertz CT molecular complexity index is 513. The van der Waals surface area contributed by atoms with Gasteiger partial charge in [0, 0.05) is 26.7 Å². The predicted octanol–water partition coefficient (Wildman–Crippen LogP) is 1.54. The van der Waals surface area contributed by atoms with Crippen LogP contribution in [0.1, 0.15) is 30.4 Å². The molecule has 1 aromatic carbocycles. The van der Waals surface area contributed by atoms with Gasteiger partial charge in [-0.1, -0.05) is 24.3 Å². The first kappa shape index (κ1) is 15.5. The minimum Gasteiger partial charge on any atom is -0.481 e. The maximum atomic E-state index is 11.9. The molecular formula is C16H22N2O3. The molecule has 1 unspecified atom stereocenters. The van der Waals surface area contributed by atoms with Crippen molar-refractivity contribution in [2.45, 2.75) is 25.8 Å². The Kier molecular flexibility index (Phi) is 4.96. The molecule has 1 saturated heterocycles. The van der Waals surface area contributed by atoms with Crippen LogP contribution in [0.3, 0.4) is 0 Å². The van der Waals surface area contributed by atoms with Crippen molar-refractivity contribution >= 4 is 11.9 Å². The van der Waals surface area contributed by atoms with Gasteiger partial charge in [0.25, 0.3) is 0 Å². The molecular weight excluding hydrogens is 268 g/mol. The Morgan fingerprint density at radius 1 is 1.29 bits per heavy atom. The number of aliphatic carboxylic acids is 1. The van der Waals surface area contributed by atoms with Gasteiger partial charge in [0.2, 0.25) is 5.91 Å². The van der Waals surface area contributed by atoms with Gasteiger partial charge in [0.05, 0.1) is 12.5 Å². The quantitative estimate of drug-likeness (QED) is 0.913. The minimum atomic E-state index is -0.816. The maximum Gasteiger partial charge on any atom is 0.310 e.